The minimum Gasteiger partial charge on any atom is -0.468 e. The van der Waals surface area contributed by atoms with E-state index in [0.717, 1.165) is 5.56 Å². The van der Waals surface area contributed by atoms with Crippen LogP contribution >= 0.6 is 0 Å². The lowest BCUT2D eigenvalue weighted by molar-refractivity contribution is -0.111. The number of methoxy groups -OCH3 is 2. The van der Waals surface area contributed by atoms with Crippen molar-refractivity contribution in [3.05, 3.63) is 65.7 Å². The molecule has 130 valence electrons. The van der Waals surface area contributed by atoms with Gasteiger partial charge in [-0.15, -0.1) is 0 Å². The monoisotopic (exact) mass is 341 g/mol. The summed E-state index contributed by atoms with van der Waals surface area (Å²) in [6, 6.07) is 13.8. The van der Waals surface area contributed by atoms with Gasteiger partial charge in [-0.3, -0.25) is 4.79 Å². The zero-order valence-corrected chi connectivity index (χ0v) is 14.0. The minimum atomic E-state index is -0.456. The fraction of sp³-hybridized carbons (Fsp3) is 0.158. The van der Waals surface area contributed by atoms with Gasteiger partial charge in [0.1, 0.15) is 5.75 Å². The average molecular weight is 341 g/mol. The van der Waals surface area contributed by atoms with Crippen LogP contribution in [0.5, 0.6) is 5.75 Å². The lowest BCUT2D eigenvalue weighted by atomic mass is 10.2. The van der Waals surface area contributed by atoms with Gasteiger partial charge in [0.2, 0.25) is 5.91 Å². The number of nitrogens with one attached hydrogen (secondary N) is 1. The van der Waals surface area contributed by atoms with E-state index in [-0.39, 0.29) is 12.7 Å². The lowest BCUT2D eigenvalue weighted by Gasteiger charge is -2.05. The Hall–Kier alpha value is -3.12. The fourth-order valence-corrected chi connectivity index (χ4v) is 2.00. The highest BCUT2D eigenvalue weighted by Crippen LogP contribution is 2.14. The summed E-state index contributed by atoms with van der Waals surface area (Å²) in [4.78, 5) is 23.5. The third-order valence-electron chi connectivity index (χ3n) is 3.20. The summed E-state index contributed by atoms with van der Waals surface area (Å²) in [7, 11) is 2.86. The molecular weight excluding hydrogens is 322 g/mol. The van der Waals surface area contributed by atoms with E-state index in [2.05, 4.69) is 10.1 Å². The van der Waals surface area contributed by atoms with Gasteiger partial charge in [-0.05, 0) is 42.0 Å². The van der Waals surface area contributed by atoms with Gasteiger partial charge in [0.05, 0.1) is 12.7 Å². The Bertz CT molecular complexity index is 753. The van der Waals surface area contributed by atoms with E-state index in [1.165, 1.54) is 13.2 Å². The summed E-state index contributed by atoms with van der Waals surface area (Å²) in [6.45, 7) is 0.183. The van der Waals surface area contributed by atoms with Crippen molar-refractivity contribution in [2.24, 2.45) is 0 Å². The molecule has 0 atom stereocenters. The molecule has 0 unspecified atom stereocenters. The van der Waals surface area contributed by atoms with Crippen LogP contribution in [-0.2, 0) is 14.3 Å². The van der Waals surface area contributed by atoms with Crippen molar-refractivity contribution in [3.8, 4) is 5.75 Å². The molecule has 6 heteroatoms. The van der Waals surface area contributed by atoms with E-state index in [0.29, 0.717) is 17.0 Å². The molecule has 2 rings (SSSR count). The summed E-state index contributed by atoms with van der Waals surface area (Å²) < 4.78 is 14.8. The van der Waals surface area contributed by atoms with Gasteiger partial charge in [0.25, 0.3) is 0 Å². The number of hydrogen-bond donors (Lipinski definition) is 1. The molecule has 6 nitrogen and oxygen atoms in total. The zero-order valence-electron chi connectivity index (χ0n) is 14.0. The highest BCUT2D eigenvalue weighted by molar-refractivity contribution is 6.02. The SMILES string of the molecule is COCOc1ccc(/C=C/C(=O)Nc2cccc(C(=O)OC)c2)cc1. The molecule has 0 saturated heterocycles. The topological polar surface area (TPSA) is 73.9 Å². The smallest absolute Gasteiger partial charge is 0.337 e. The molecule has 0 aliphatic carbocycles. The molecule has 0 heterocycles. The maximum Gasteiger partial charge on any atom is 0.337 e. The fourth-order valence-electron chi connectivity index (χ4n) is 2.00. The van der Waals surface area contributed by atoms with E-state index in [1.54, 1.807) is 49.6 Å². The molecule has 0 bridgehead atoms. The number of esters is 1. The highest BCUT2D eigenvalue weighted by atomic mass is 16.7. The molecule has 0 aromatic heterocycles. The van der Waals surface area contributed by atoms with Crippen molar-refractivity contribution < 1.29 is 23.8 Å². The van der Waals surface area contributed by atoms with Gasteiger partial charge in [-0.1, -0.05) is 18.2 Å². The average Bonchev–Trinajstić information content (AvgIpc) is 2.65. The van der Waals surface area contributed by atoms with Crippen LogP contribution in [0.4, 0.5) is 5.69 Å². The van der Waals surface area contributed by atoms with Crippen molar-refractivity contribution in [1.82, 2.24) is 0 Å². The molecule has 0 aliphatic heterocycles. The summed E-state index contributed by atoms with van der Waals surface area (Å²) in [5.74, 6) is -0.0766. The molecule has 0 aliphatic rings. The van der Waals surface area contributed by atoms with E-state index < -0.39 is 5.97 Å². The molecular formula is C19H19NO5. The second-order valence-electron chi connectivity index (χ2n) is 5.01. The van der Waals surface area contributed by atoms with Crippen LogP contribution in [0.25, 0.3) is 6.08 Å². The number of amides is 1. The molecule has 25 heavy (non-hydrogen) atoms. The quantitative estimate of drug-likeness (QED) is 0.476. The van der Waals surface area contributed by atoms with E-state index in [1.807, 2.05) is 12.1 Å². The first-order valence-electron chi connectivity index (χ1n) is 7.51. The molecule has 2 aromatic rings. The van der Waals surface area contributed by atoms with Crippen molar-refractivity contribution in [3.63, 3.8) is 0 Å². The zero-order chi connectivity index (χ0) is 18.1. The van der Waals surface area contributed by atoms with Crippen LogP contribution in [0.3, 0.4) is 0 Å². The highest BCUT2D eigenvalue weighted by Gasteiger charge is 2.06. The number of hydrogen-bond acceptors (Lipinski definition) is 5. The Labute approximate surface area is 146 Å². The number of benzene rings is 2. The Kier molecular flexibility index (Phi) is 6.74. The summed E-state index contributed by atoms with van der Waals surface area (Å²) in [6.07, 6.45) is 3.09. The van der Waals surface area contributed by atoms with Gasteiger partial charge in [-0.2, -0.15) is 0 Å². The first-order chi connectivity index (χ1) is 12.1. The molecule has 1 N–H and O–H groups in total. The van der Waals surface area contributed by atoms with Gasteiger partial charge in [-0.25, -0.2) is 4.79 Å². The van der Waals surface area contributed by atoms with Gasteiger partial charge in [0.15, 0.2) is 6.79 Å². The minimum absolute atomic E-state index is 0.183. The summed E-state index contributed by atoms with van der Waals surface area (Å²) in [5, 5.41) is 2.70. The van der Waals surface area contributed by atoms with Crippen LogP contribution in [0.15, 0.2) is 54.6 Å². The molecule has 0 spiro atoms. The number of anilines is 1. The third kappa shape index (κ3) is 5.78. The van der Waals surface area contributed by atoms with Gasteiger partial charge >= 0.3 is 5.97 Å². The van der Waals surface area contributed by atoms with E-state index >= 15 is 0 Å². The van der Waals surface area contributed by atoms with Gasteiger partial charge < -0.3 is 19.5 Å². The van der Waals surface area contributed by atoms with Crippen molar-refractivity contribution in [1.29, 1.82) is 0 Å². The number of rotatable bonds is 7. The largest absolute Gasteiger partial charge is 0.468 e. The van der Waals surface area contributed by atoms with Gasteiger partial charge in [0, 0.05) is 18.9 Å². The van der Waals surface area contributed by atoms with Crippen LogP contribution < -0.4 is 10.1 Å². The predicted molar refractivity (Wildman–Crippen MR) is 94.4 cm³/mol. The molecule has 1 amide bonds. The van der Waals surface area contributed by atoms with Crippen molar-refractivity contribution in [2.45, 2.75) is 0 Å². The second-order valence-corrected chi connectivity index (χ2v) is 5.01. The molecule has 0 radical (unpaired) electrons. The van der Waals surface area contributed by atoms with Crippen molar-refractivity contribution >= 4 is 23.6 Å². The number of carbonyl (C=O) groups excluding carboxylic acids is 2. The molecule has 2 aromatic carbocycles. The second kappa shape index (κ2) is 9.24. The third-order valence-corrected chi connectivity index (χ3v) is 3.20. The molecule has 0 fully saturated rings. The Morgan fingerprint density at radius 2 is 1.84 bits per heavy atom. The number of carbonyl (C=O) groups is 2. The Morgan fingerprint density at radius 3 is 2.52 bits per heavy atom. The van der Waals surface area contributed by atoms with Crippen molar-refractivity contribution in [2.75, 3.05) is 26.3 Å². The van der Waals surface area contributed by atoms with Crippen LogP contribution in [0, 0.1) is 0 Å². The summed E-state index contributed by atoms with van der Waals surface area (Å²) in [5.41, 5.74) is 1.74. The Morgan fingerprint density at radius 1 is 1.08 bits per heavy atom. The first kappa shape index (κ1) is 18.2. The molecule has 0 saturated carbocycles. The van der Waals surface area contributed by atoms with Crippen LogP contribution in [0.1, 0.15) is 15.9 Å². The Balaban J connectivity index is 1.95. The normalized spacial score (nSPS) is 10.5. The maximum atomic E-state index is 12.0. The standard InChI is InChI=1S/C19H19NO5/c1-23-13-25-17-9-6-14(7-10-17)8-11-18(21)20-16-5-3-4-15(12-16)19(22)24-2/h3-12H,13H2,1-2H3,(H,20,21)/b11-8+. The van der Waals surface area contributed by atoms with Crippen LogP contribution in [0.2, 0.25) is 0 Å². The maximum absolute atomic E-state index is 12.0. The van der Waals surface area contributed by atoms with E-state index in [9.17, 15) is 9.59 Å². The number of ether oxygens (including phenoxy) is 3. The first-order valence-corrected chi connectivity index (χ1v) is 7.51. The summed E-state index contributed by atoms with van der Waals surface area (Å²) >= 11 is 0. The van der Waals surface area contributed by atoms with Crippen LogP contribution in [-0.4, -0.2) is 32.9 Å². The van der Waals surface area contributed by atoms with E-state index in [4.69, 9.17) is 9.47 Å². The predicted octanol–water partition coefficient (Wildman–Crippen LogP) is 3.11. The lowest BCUT2D eigenvalue weighted by Crippen LogP contribution is -2.09.